The van der Waals surface area contributed by atoms with Crippen LogP contribution in [0, 0.1) is 46.3 Å². The van der Waals surface area contributed by atoms with Crippen molar-refractivity contribution in [2.75, 3.05) is 46.1 Å². The second-order valence-corrected chi connectivity index (χ2v) is 15.9. The molecule has 4 aliphatic rings. The summed E-state index contributed by atoms with van der Waals surface area (Å²) in [5.74, 6) is 2.86. The standard InChI is InChI=1S/C33H63N3O7S/c1-23(8-4-19-43-44(37,38)39)26-9-10-27-31-28(22-30(33(26,27)3)42-18-7-15-36)32(2)12-11-25(40-16-5-13-34)20-24(32)21-29(31)41-17-6-14-35/h23-31H,4-22,34-36H2,1-3H3,(H,37,38,39)/t23-,24?,25-,26-,27+,28+,29-,30+,31?,32?,33?/m1/s1. The lowest BCUT2D eigenvalue weighted by atomic mass is 9.43. The zero-order valence-corrected chi connectivity index (χ0v) is 28.5. The fraction of sp³-hybridized carbons (Fsp3) is 1.00. The lowest BCUT2D eigenvalue weighted by molar-refractivity contribution is -0.227. The molecule has 0 aromatic rings. The van der Waals surface area contributed by atoms with Gasteiger partial charge in [-0.05, 0) is 138 Å². The fourth-order valence-electron chi connectivity index (χ4n) is 10.4. The van der Waals surface area contributed by atoms with Crippen LogP contribution >= 0.6 is 0 Å². The topological polar surface area (TPSA) is 169 Å². The minimum atomic E-state index is -4.41. The van der Waals surface area contributed by atoms with E-state index in [1.165, 1.54) is 6.42 Å². The number of ether oxygens (including phenoxy) is 3. The molecule has 0 bridgehead atoms. The molecular formula is C33H63N3O7S. The Balaban J connectivity index is 1.60. The van der Waals surface area contributed by atoms with E-state index >= 15 is 0 Å². The summed E-state index contributed by atoms with van der Waals surface area (Å²) < 4.78 is 55.8. The zero-order chi connectivity index (χ0) is 32.0. The summed E-state index contributed by atoms with van der Waals surface area (Å²) in [6, 6.07) is 0. The Morgan fingerprint density at radius 1 is 0.818 bits per heavy atom. The monoisotopic (exact) mass is 645 g/mol. The van der Waals surface area contributed by atoms with E-state index < -0.39 is 10.4 Å². The largest absolute Gasteiger partial charge is 0.397 e. The summed E-state index contributed by atoms with van der Waals surface area (Å²) >= 11 is 0. The van der Waals surface area contributed by atoms with E-state index in [2.05, 4.69) is 25.0 Å². The molecule has 0 spiro atoms. The van der Waals surface area contributed by atoms with Gasteiger partial charge in [-0.2, -0.15) is 8.42 Å². The first-order chi connectivity index (χ1) is 21.0. The first-order valence-corrected chi connectivity index (χ1v) is 18.9. The Morgan fingerprint density at radius 2 is 1.48 bits per heavy atom. The lowest BCUT2D eigenvalue weighted by Gasteiger charge is -2.65. The molecule has 0 aliphatic heterocycles. The molecule has 258 valence electrons. The summed E-state index contributed by atoms with van der Waals surface area (Å²) in [7, 11) is -4.41. The summed E-state index contributed by atoms with van der Waals surface area (Å²) in [5, 5.41) is 0. The smallest absolute Gasteiger partial charge is 0.378 e. The van der Waals surface area contributed by atoms with Crippen molar-refractivity contribution in [2.24, 2.45) is 63.5 Å². The van der Waals surface area contributed by atoms with Crippen molar-refractivity contribution in [1.82, 2.24) is 0 Å². The van der Waals surface area contributed by atoms with Crippen molar-refractivity contribution in [3.05, 3.63) is 0 Å². The van der Waals surface area contributed by atoms with Gasteiger partial charge in [0.2, 0.25) is 0 Å². The van der Waals surface area contributed by atoms with Crippen LogP contribution in [0.3, 0.4) is 0 Å². The third-order valence-electron chi connectivity index (χ3n) is 12.5. The van der Waals surface area contributed by atoms with E-state index in [9.17, 15) is 8.42 Å². The zero-order valence-electron chi connectivity index (χ0n) is 27.7. The Bertz CT molecular complexity index is 988. The first-order valence-electron chi connectivity index (χ1n) is 17.6. The highest BCUT2D eigenvalue weighted by molar-refractivity contribution is 7.80. The second-order valence-electron chi connectivity index (χ2n) is 14.8. The fourth-order valence-corrected chi connectivity index (χ4v) is 10.7. The molecule has 0 radical (unpaired) electrons. The minimum Gasteiger partial charge on any atom is -0.378 e. The van der Waals surface area contributed by atoms with Crippen LogP contribution in [-0.4, -0.2) is 77.3 Å². The SMILES string of the molecule is C[C@H](CCCOS(=O)(=O)O)[C@H]1CC[C@H]2C3[C@H](OCCCN)CC4C[C@H](OCCCN)CCC4(C)[C@H]3C[C@H](OCCCN)C12C. The summed E-state index contributed by atoms with van der Waals surface area (Å²) in [6.45, 7) is 11.4. The highest BCUT2D eigenvalue weighted by atomic mass is 32.3. The highest BCUT2D eigenvalue weighted by Crippen LogP contribution is 2.69. The maximum Gasteiger partial charge on any atom is 0.397 e. The van der Waals surface area contributed by atoms with Crippen LogP contribution in [0.2, 0.25) is 0 Å². The molecule has 0 aromatic heterocycles. The van der Waals surface area contributed by atoms with E-state index in [-0.39, 0.29) is 29.6 Å². The van der Waals surface area contributed by atoms with Crippen LogP contribution in [0.15, 0.2) is 0 Å². The van der Waals surface area contributed by atoms with Gasteiger partial charge in [0.05, 0.1) is 24.9 Å². The molecule has 4 fully saturated rings. The number of fused-ring (bicyclic) bond motifs is 5. The lowest BCUT2D eigenvalue weighted by Crippen LogP contribution is -2.63. The average Bonchev–Trinajstić information content (AvgIpc) is 3.34. The van der Waals surface area contributed by atoms with Crippen LogP contribution < -0.4 is 17.2 Å². The van der Waals surface area contributed by atoms with Crippen molar-refractivity contribution in [1.29, 1.82) is 0 Å². The highest BCUT2D eigenvalue weighted by Gasteiger charge is 2.66. The number of hydrogen-bond acceptors (Lipinski definition) is 9. The molecule has 10 nitrogen and oxygen atoms in total. The van der Waals surface area contributed by atoms with Gasteiger partial charge in [-0.25, -0.2) is 4.18 Å². The summed E-state index contributed by atoms with van der Waals surface area (Å²) in [4.78, 5) is 0. The quantitative estimate of drug-likeness (QED) is 0.125. The van der Waals surface area contributed by atoms with Crippen molar-refractivity contribution in [3.8, 4) is 0 Å². The van der Waals surface area contributed by atoms with Crippen LogP contribution in [0.4, 0.5) is 0 Å². The van der Waals surface area contributed by atoms with Gasteiger partial charge in [0.25, 0.3) is 0 Å². The Hall–Kier alpha value is -0.370. The van der Waals surface area contributed by atoms with Gasteiger partial charge in [0.1, 0.15) is 0 Å². The molecule has 11 atom stereocenters. The maximum absolute atomic E-state index is 11.1. The van der Waals surface area contributed by atoms with Gasteiger partial charge in [-0.1, -0.05) is 20.8 Å². The Morgan fingerprint density at radius 3 is 2.14 bits per heavy atom. The van der Waals surface area contributed by atoms with Gasteiger partial charge < -0.3 is 31.4 Å². The van der Waals surface area contributed by atoms with Gasteiger partial charge in [0, 0.05) is 25.2 Å². The van der Waals surface area contributed by atoms with Gasteiger partial charge in [0.15, 0.2) is 0 Å². The third-order valence-corrected chi connectivity index (χ3v) is 13.0. The maximum atomic E-state index is 11.1. The molecule has 4 saturated carbocycles. The minimum absolute atomic E-state index is 0.00486. The van der Waals surface area contributed by atoms with Crippen molar-refractivity contribution >= 4 is 10.4 Å². The molecule has 0 amide bonds. The Labute approximate surface area is 267 Å². The normalized spacial score (nSPS) is 39.4. The molecule has 4 rings (SSSR count). The molecule has 0 aromatic carbocycles. The van der Waals surface area contributed by atoms with Gasteiger partial charge >= 0.3 is 10.4 Å². The summed E-state index contributed by atoms with van der Waals surface area (Å²) in [6.07, 6.45) is 12.5. The molecule has 4 aliphatic carbocycles. The van der Waals surface area contributed by atoms with E-state index in [1.807, 2.05) is 0 Å². The first kappa shape index (κ1) is 36.5. The number of hydrogen-bond donors (Lipinski definition) is 4. The van der Waals surface area contributed by atoms with Crippen LogP contribution in [-0.2, 0) is 28.8 Å². The van der Waals surface area contributed by atoms with Gasteiger partial charge in [-0.15, -0.1) is 0 Å². The molecular weight excluding hydrogens is 582 g/mol. The molecule has 11 heteroatoms. The number of rotatable bonds is 18. The van der Waals surface area contributed by atoms with Crippen LogP contribution in [0.5, 0.6) is 0 Å². The third kappa shape index (κ3) is 8.19. The number of nitrogens with two attached hydrogens (primary N) is 3. The molecule has 0 heterocycles. The van der Waals surface area contributed by atoms with Crippen LogP contribution in [0.25, 0.3) is 0 Å². The second kappa shape index (κ2) is 16.2. The predicted molar refractivity (Wildman–Crippen MR) is 172 cm³/mol. The van der Waals surface area contributed by atoms with Crippen molar-refractivity contribution in [3.63, 3.8) is 0 Å². The predicted octanol–water partition coefficient (Wildman–Crippen LogP) is 4.30. The molecule has 44 heavy (non-hydrogen) atoms. The van der Waals surface area contributed by atoms with E-state index in [1.54, 1.807) is 0 Å². The van der Waals surface area contributed by atoms with E-state index in [0.717, 1.165) is 70.8 Å². The molecule has 0 saturated heterocycles. The van der Waals surface area contributed by atoms with E-state index in [4.69, 9.17) is 36.0 Å². The van der Waals surface area contributed by atoms with Crippen molar-refractivity contribution in [2.45, 2.75) is 116 Å². The van der Waals surface area contributed by atoms with Crippen LogP contribution in [0.1, 0.15) is 97.8 Å². The summed E-state index contributed by atoms with van der Waals surface area (Å²) in [5.41, 5.74) is 17.8. The van der Waals surface area contributed by atoms with Gasteiger partial charge in [-0.3, -0.25) is 4.55 Å². The van der Waals surface area contributed by atoms with Crippen molar-refractivity contribution < 1.29 is 31.4 Å². The average molecular weight is 646 g/mol. The Kier molecular flexibility index (Phi) is 13.4. The van der Waals surface area contributed by atoms with E-state index in [0.29, 0.717) is 80.9 Å². The molecule has 7 N–H and O–H groups in total. The molecule has 4 unspecified atom stereocenters.